The van der Waals surface area contributed by atoms with Crippen molar-refractivity contribution in [3.63, 3.8) is 0 Å². The fourth-order valence-electron chi connectivity index (χ4n) is 4.45. The van der Waals surface area contributed by atoms with E-state index in [1.54, 1.807) is 0 Å². The van der Waals surface area contributed by atoms with Gasteiger partial charge in [-0.25, -0.2) is 0 Å². The van der Waals surface area contributed by atoms with Crippen LogP contribution in [0.3, 0.4) is 0 Å². The molecule has 0 aliphatic rings. The highest BCUT2D eigenvalue weighted by atomic mass is 35.5. The molecule has 0 saturated heterocycles. The highest BCUT2D eigenvalue weighted by Gasteiger charge is 2.11. The molecule has 0 bridgehead atoms. The minimum absolute atomic E-state index is 0.0191. The molecule has 0 aromatic heterocycles. The van der Waals surface area contributed by atoms with E-state index in [9.17, 15) is 4.79 Å². The zero-order chi connectivity index (χ0) is 24.9. The molecule has 4 heteroatoms. The lowest BCUT2D eigenvalue weighted by Crippen LogP contribution is -2.25. The third kappa shape index (κ3) is 8.92. The minimum atomic E-state index is 0.0191. The van der Waals surface area contributed by atoms with Crippen molar-refractivity contribution in [2.24, 2.45) is 0 Å². The van der Waals surface area contributed by atoms with Crippen LogP contribution in [0.15, 0.2) is 42.5 Å². The van der Waals surface area contributed by atoms with E-state index in [2.05, 4.69) is 75.2 Å². The van der Waals surface area contributed by atoms with Crippen molar-refractivity contribution >= 4 is 23.1 Å². The number of rotatable bonds is 14. The van der Waals surface area contributed by atoms with Crippen molar-refractivity contribution in [3.05, 3.63) is 75.3 Å². The van der Waals surface area contributed by atoms with Gasteiger partial charge in [0.15, 0.2) is 0 Å². The molecule has 3 nitrogen and oxygen atoms in total. The molecule has 2 aromatic rings. The summed E-state index contributed by atoms with van der Waals surface area (Å²) in [6.45, 7) is 14.5. The standard InChI is InChI=1S/C30H43ClN2O/c1-6-10-23(5)28-15-13-25(18-26(28)11-7-2)21-32-30(34)20-24-12-14-27(29(31)19-24)22-33(16-8-3)17-9-4/h10,12-15,18-19H,6-9,11,16-17,20-22H2,1-5H3,(H,32,34)/b23-10-. The van der Waals surface area contributed by atoms with Crippen molar-refractivity contribution in [1.82, 2.24) is 10.2 Å². The van der Waals surface area contributed by atoms with Crippen molar-refractivity contribution in [1.29, 1.82) is 0 Å². The Labute approximate surface area is 212 Å². The zero-order valence-electron chi connectivity index (χ0n) is 21.8. The Morgan fingerprint density at radius 3 is 2.26 bits per heavy atom. The van der Waals surface area contributed by atoms with Gasteiger partial charge in [-0.3, -0.25) is 9.69 Å². The highest BCUT2D eigenvalue weighted by Crippen LogP contribution is 2.23. The van der Waals surface area contributed by atoms with Crippen LogP contribution in [0.1, 0.15) is 88.1 Å². The van der Waals surface area contributed by atoms with Crippen LogP contribution in [0.2, 0.25) is 5.02 Å². The lowest BCUT2D eigenvalue weighted by molar-refractivity contribution is -0.120. The monoisotopic (exact) mass is 482 g/mol. The quantitative estimate of drug-likeness (QED) is 0.301. The van der Waals surface area contributed by atoms with Gasteiger partial charge < -0.3 is 5.32 Å². The van der Waals surface area contributed by atoms with Gasteiger partial charge in [-0.05, 0) is 85.2 Å². The summed E-state index contributed by atoms with van der Waals surface area (Å²) in [5, 5.41) is 3.83. The molecular formula is C30H43ClN2O. The molecule has 0 fully saturated rings. The van der Waals surface area contributed by atoms with E-state index in [0.29, 0.717) is 13.0 Å². The number of aryl methyl sites for hydroxylation is 1. The summed E-state index contributed by atoms with van der Waals surface area (Å²) < 4.78 is 0. The lowest BCUT2D eigenvalue weighted by atomic mass is 9.95. The third-order valence-electron chi connectivity index (χ3n) is 6.07. The van der Waals surface area contributed by atoms with E-state index < -0.39 is 0 Å². The first kappa shape index (κ1) is 28.1. The molecule has 186 valence electrons. The van der Waals surface area contributed by atoms with Crippen molar-refractivity contribution in [3.8, 4) is 0 Å². The molecule has 0 saturated carbocycles. The molecule has 0 radical (unpaired) electrons. The average Bonchev–Trinajstić information content (AvgIpc) is 2.80. The average molecular weight is 483 g/mol. The van der Waals surface area contributed by atoms with Crippen LogP contribution in [0, 0.1) is 0 Å². The fourth-order valence-corrected chi connectivity index (χ4v) is 4.72. The molecule has 1 N–H and O–H groups in total. The molecule has 2 rings (SSSR count). The Bertz CT molecular complexity index is 945. The van der Waals surface area contributed by atoms with Gasteiger partial charge in [0.05, 0.1) is 6.42 Å². The Kier molecular flexibility index (Phi) is 12.4. The minimum Gasteiger partial charge on any atom is -0.352 e. The van der Waals surface area contributed by atoms with E-state index in [1.165, 1.54) is 16.7 Å². The molecule has 2 aromatic carbocycles. The van der Waals surface area contributed by atoms with Crippen LogP contribution < -0.4 is 5.32 Å². The van der Waals surface area contributed by atoms with Crippen molar-refractivity contribution in [2.45, 2.75) is 86.2 Å². The molecule has 34 heavy (non-hydrogen) atoms. The SMILES string of the molecule is CC/C=C(/C)c1ccc(CNC(=O)Cc2ccc(CN(CCC)CCC)c(Cl)c2)cc1CCC. The van der Waals surface area contributed by atoms with Gasteiger partial charge in [-0.15, -0.1) is 0 Å². The van der Waals surface area contributed by atoms with Crippen LogP contribution in [0.4, 0.5) is 0 Å². The summed E-state index contributed by atoms with van der Waals surface area (Å²) in [6, 6.07) is 12.6. The van der Waals surface area contributed by atoms with Gasteiger partial charge in [0, 0.05) is 18.1 Å². The third-order valence-corrected chi connectivity index (χ3v) is 6.42. The van der Waals surface area contributed by atoms with Crippen LogP contribution in [-0.2, 0) is 30.7 Å². The summed E-state index contributed by atoms with van der Waals surface area (Å²) in [5.74, 6) is 0.0191. The first-order chi connectivity index (χ1) is 16.4. The number of benzene rings is 2. The van der Waals surface area contributed by atoms with E-state index in [-0.39, 0.29) is 5.91 Å². The number of hydrogen-bond donors (Lipinski definition) is 1. The Morgan fingerprint density at radius 2 is 1.65 bits per heavy atom. The molecule has 1 amide bonds. The normalized spacial score (nSPS) is 11.8. The smallest absolute Gasteiger partial charge is 0.224 e. The summed E-state index contributed by atoms with van der Waals surface area (Å²) in [4.78, 5) is 15.1. The highest BCUT2D eigenvalue weighted by molar-refractivity contribution is 6.31. The molecular weight excluding hydrogens is 440 g/mol. The molecule has 0 aliphatic heterocycles. The fraction of sp³-hybridized carbons (Fsp3) is 0.500. The van der Waals surface area contributed by atoms with Crippen molar-refractivity contribution < 1.29 is 4.79 Å². The topological polar surface area (TPSA) is 32.3 Å². The maximum absolute atomic E-state index is 12.6. The second kappa shape index (κ2) is 15.0. The summed E-state index contributed by atoms with van der Waals surface area (Å²) in [6.07, 6.45) is 8.07. The number of amides is 1. The zero-order valence-corrected chi connectivity index (χ0v) is 22.6. The number of halogens is 1. The number of hydrogen-bond acceptors (Lipinski definition) is 2. The molecule has 0 aliphatic carbocycles. The van der Waals surface area contributed by atoms with Gasteiger partial charge >= 0.3 is 0 Å². The van der Waals surface area contributed by atoms with E-state index in [1.807, 2.05) is 12.1 Å². The largest absolute Gasteiger partial charge is 0.352 e. The Hall–Kier alpha value is -2.10. The van der Waals surface area contributed by atoms with Crippen LogP contribution in [0.25, 0.3) is 5.57 Å². The van der Waals surface area contributed by atoms with E-state index in [0.717, 1.165) is 73.5 Å². The van der Waals surface area contributed by atoms with Gasteiger partial charge in [0.1, 0.15) is 0 Å². The number of nitrogens with one attached hydrogen (secondary N) is 1. The maximum atomic E-state index is 12.6. The molecule has 0 unspecified atom stereocenters. The van der Waals surface area contributed by atoms with Crippen LogP contribution in [0.5, 0.6) is 0 Å². The maximum Gasteiger partial charge on any atom is 0.224 e. The van der Waals surface area contributed by atoms with Crippen LogP contribution >= 0.6 is 11.6 Å². The van der Waals surface area contributed by atoms with Crippen molar-refractivity contribution in [2.75, 3.05) is 13.1 Å². The Balaban J connectivity index is 1.99. The molecule has 0 spiro atoms. The summed E-state index contributed by atoms with van der Waals surface area (Å²) >= 11 is 6.58. The first-order valence-electron chi connectivity index (χ1n) is 13.0. The molecule has 0 heterocycles. The number of nitrogens with zero attached hydrogens (tertiary/aromatic N) is 1. The predicted octanol–water partition coefficient (Wildman–Crippen LogP) is 7.59. The van der Waals surface area contributed by atoms with Gasteiger partial charge in [-0.1, -0.05) is 82.1 Å². The molecule has 0 atom stereocenters. The summed E-state index contributed by atoms with van der Waals surface area (Å²) in [7, 11) is 0. The van der Waals surface area contributed by atoms with E-state index in [4.69, 9.17) is 11.6 Å². The second-order valence-electron chi connectivity index (χ2n) is 9.19. The lowest BCUT2D eigenvalue weighted by Gasteiger charge is -2.21. The predicted molar refractivity (Wildman–Crippen MR) is 147 cm³/mol. The van der Waals surface area contributed by atoms with Gasteiger partial charge in [0.25, 0.3) is 0 Å². The van der Waals surface area contributed by atoms with E-state index >= 15 is 0 Å². The number of carbonyl (C=O) groups is 1. The number of carbonyl (C=O) groups excluding carboxylic acids is 1. The first-order valence-corrected chi connectivity index (χ1v) is 13.3. The number of allylic oxidation sites excluding steroid dienone is 2. The summed E-state index contributed by atoms with van der Waals surface area (Å²) in [5.41, 5.74) is 7.23. The van der Waals surface area contributed by atoms with Gasteiger partial charge in [0.2, 0.25) is 5.91 Å². The second-order valence-corrected chi connectivity index (χ2v) is 9.60. The van der Waals surface area contributed by atoms with Crippen LogP contribution in [-0.4, -0.2) is 23.9 Å². The Morgan fingerprint density at radius 1 is 0.941 bits per heavy atom. The van der Waals surface area contributed by atoms with Gasteiger partial charge in [-0.2, -0.15) is 0 Å².